The highest BCUT2D eigenvalue weighted by Crippen LogP contribution is 2.22. The molecule has 2 aromatic rings. The summed E-state index contributed by atoms with van der Waals surface area (Å²) in [6, 6.07) is 9.38. The molecule has 7 nitrogen and oxygen atoms in total. The molecule has 26 heavy (non-hydrogen) atoms. The number of methoxy groups -OCH3 is 1. The lowest BCUT2D eigenvalue weighted by Crippen LogP contribution is -2.32. The van der Waals surface area contributed by atoms with Crippen molar-refractivity contribution in [2.24, 2.45) is 0 Å². The number of benzene rings is 1. The molecule has 1 amide bonds. The van der Waals surface area contributed by atoms with E-state index >= 15 is 0 Å². The molecule has 138 valence electrons. The zero-order chi connectivity index (χ0) is 18.7. The van der Waals surface area contributed by atoms with Gasteiger partial charge in [-0.2, -0.15) is 0 Å². The summed E-state index contributed by atoms with van der Waals surface area (Å²) in [5.41, 5.74) is 0.756. The van der Waals surface area contributed by atoms with Gasteiger partial charge < -0.3 is 14.1 Å². The van der Waals surface area contributed by atoms with Crippen LogP contribution in [0.15, 0.2) is 47.1 Å². The molecule has 1 fully saturated rings. The van der Waals surface area contributed by atoms with Crippen LogP contribution in [-0.2, 0) is 20.3 Å². The van der Waals surface area contributed by atoms with Crippen molar-refractivity contribution in [2.45, 2.75) is 17.4 Å². The van der Waals surface area contributed by atoms with Gasteiger partial charge in [-0.3, -0.25) is 4.79 Å². The maximum Gasteiger partial charge on any atom is 0.337 e. The Labute approximate surface area is 151 Å². The molecule has 1 aromatic carbocycles. The zero-order valence-corrected chi connectivity index (χ0v) is 15.1. The van der Waals surface area contributed by atoms with Gasteiger partial charge in [-0.1, -0.05) is 0 Å². The van der Waals surface area contributed by atoms with Crippen LogP contribution in [0.5, 0.6) is 0 Å². The van der Waals surface area contributed by atoms with Crippen LogP contribution in [0.3, 0.4) is 0 Å². The van der Waals surface area contributed by atoms with Crippen molar-refractivity contribution >= 4 is 21.7 Å². The third kappa shape index (κ3) is 3.80. The smallest absolute Gasteiger partial charge is 0.337 e. The number of rotatable bonds is 5. The van der Waals surface area contributed by atoms with Gasteiger partial charge in [-0.25, -0.2) is 13.2 Å². The molecule has 1 saturated heterocycles. The minimum atomic E-state index is -3.40. The number of hydrogen-bond donors (Lipinski definition) is 0. The normalized spacial score (nSPS) is 17.3. The summed E-state index contributed by atoms with van der Waals surface area (Å²) in [5, 5.41) is -0.606. The lowest BCUT2D eigenvalue weighted by Gasteiger charge is -2.17. The maximum absolute atomic E-state index is 12.6. The van der Waals surface area contributed by atoms with E-state index in [1.54, 1.807) is 24.3 Å². The van der Waals surface area contributed by atoms with Crippen molar-refractivity contribution < 1.29 is 27.2 Å². The molecule has 0 N–H and O–H groups in total. The quantitative estimate of drug-likeness (QED) is 0.739. The lowest BCUT2D eigenvalue weighted by molar-refractivity contribution is 0.0600. The maximum atomic E-state index is 12.6. The number of esters is 1. The largest absolute Gasteiger partial charge is 0.468 e. The molecule has 0 bridgehead atoms. The number of hydrogen-bond acceptors (Lipinski definition) is 6. The number of carbonyl (C=O) groups is 2. The molecule has 1 atom stereocenters. The minimum Gasteiger partial charge on any atom is -0.468 e. The summed E-state index contributed by atoms with van der Waals surface area (Å²) >= 11 is 0. The minimum absolute atomic E-state index is 0.153. The first-order valence-corrected chi connectivity index (χ1v) is 9.84. The van der Waals surface area contributed by atoms with Gasteiger partial charge in [0.25, 0.3) is 5.91 Å². The van der Waals surface area contributed by atoms with Crippen molar-refractivity contribution in [2.75, 3.05) is 20.2 Å². The standard InChI is InChI=1S/C18H19NO6S/c1-24-18(21)14-6-4-13(5-7-14)17(20)19-9-8-16(11-19)26(22,23)12-15-3-2-10-25-15/h2-7,10,16H,8-9,11-12H2,1H3. The van der Waals surface area contributed by atoms with Gasteiger partial charge in [0.2, 0.25) is 0 Å². The van der Waals surface area contributed by atoms with Crippen LogP contribution in [0.1, 0.15) is 32.9 Å². The third-order valence-corrected chi connectivity index (χ3v) is 6.50. The Morgan fingerprint density at radius 3 is 2.50 bits per heavy atom. The first-order chi connectivity index (χ1) is 12.4. The predicted octanol–water partition coefficient (Wildman–Crippen LogP) is 1.90. The number of ether oxygens (including phenoxy) is 1. The van der Waals surface area contributed by atoms with Gasteiger partial charge in [0.1, 0.15) is 11.5 Å². The first-order valence-electron chi connectivity index (χ1n) is 8.12. The Morgan fingerprint density at radius 2 is 1.88 bits per heavy atom. The predicted molar refractivity (Wildman–Crippen MR) is 93.4 cm³/mol. The van der Waals surface area contributed by atoms with Crippen LogP contribution in [0, 0.1) is 0 Å². The van der Waals surface area contributed by atoms with E-state index in [1.807, 2.05) is 0 Å². The second-order valence-corrected chi connectivity index (χ2v) is 8.40. The second-order valence-electron chi connectivity index (χ2n) is 6.12. The summed E-state index contributed by atoms with van der Waals surface area (Å²) in [5.74, 6) is -0.500. The van der Waals surface area contributed by atoms with Crippen molar-refractivity contribution in [3.05, 3.63) is 59.5 Å². The second kappa shape index (κ2) is 7.33. The molecule has 1 aromatic heterocycles. The topological polar surface area (TPSA) is 93.9 Å². The first kappa shape index (κ1) is 18.2. The van der Waals surface area contributed by atoms with Crippen molar-refractivity contribution in [3.8, 4) is 0 Å². The summed E-state index contributed by atoms with van der Waals surface area (Å²) in [7, 11) is -2.12. The molecule has 0 spiro atoms. The monoisotopic (exact) mass is 377 g/mol. The number of nitrogens with zero attached hydrogens (tertiary/aromatic N) is 1. The van der Waals surface area contributed by atoms with Crippen molar-refractivity contribution in [1.82, 2.24) is 4.90 Å². The molecule has 0 aliphatic carbocycles. The van der Waals surface area contributed by atoms with E-state index < -0.39 is 21.1 Å². The number of amides is 1. The fourth-order valence-electron chi connectivity index (χ4n) is 2.97. The summed E-state index contributed by atoms with van der Waals surface area (Å²) in [6.45, 7) is 0.528. The average Bonchev–Trinajstić information content (AvgIpc) is 3.32. The van der Waals surface area contributed by atoms with Crippen LogP contribution in [0.4, 0.5) is 0 Å². The van der Waals surface area contributed by atoms with Crippen LogP contribution >= 0.6 is 0 Å². The highest BCUT2D eigenvalue weighted by molar-refractivity contribution is 7.91. The molecule has 1 aliphatic heterocycles. The molecular formula is C18H19NO6S. The van der Waals surface area contributed by atoms with E-state index in [2.05, 4.69) is 4.74 Å². The molecule has 1 unspecified atom stereocenters. The van der Waals surface area contributed by atoms with E-state index in [0.717, 1.165) is 0 Å². The SMILES string of the molecule is COC(=O)c1ccc(C(=O)N2CCC(S(=O)(=O)Cc3ccco3)C2)cc1. The number of carbonyl (C=O) groups excluding carboxylic acids is 2. The Hall–Kier alpha value is -2.61. The van der Waals surface area contributed by atoms with Crippen LogP contribution < -0.4 is 0 Å². The lowest BCUT2D eigenvalue weighted by atomic mass is 10.1. The Bertz CT molecular complexity index is 886. The fourth-order valence-corrected chi connectivity index (χ4v) is 4.63. The molecule has 2 heterocycles. The Morgan fingerprint density at radius 1 is 1.19 bits per heavy atom. The highest BCUT2D eigenvalue weighted by atomic mass is 32.2. The molecular weight excluding hydrogens is 358 g/mol. The summed E-state index contributed by atoms with van der Waals surface area (Å²) < 4.78 is 34.8. The van der Waals surface area contributed by atoms with Gasteiger partial charge in [-0.15, -0.1) is 0 Å². The van der Waals surface area contributed by atoms with Crippen LogP contribution in [0.25, 0.3) is 0 Å². The van der Waals surface area contributed by atoms with E-state index in [4.69, 9.17) is 4.42 Å². The fraction of sp³-hybridized carbons (Fsp3) is 0.333. The van der Waals surface area contributed by atoms with Crippen molar-refractivity contribution in [3.63, 3.8) is 0 Å². The van der Waals surface area contributed by atoms with Crippen LogP contribution in [0.2, 0.25) is 0 Å². The highest BCUT2D eigenvalue weighted by Gasteiger charge is 2.35. The van der Waals surface area contributed by atoms with Crippen molar-refractivity contribution in [1.29, 1.82) is 0 Å². The molecule has 0 radical (unpaired) electrons. The van der Waals surface area contributed by atoms with Gasteiger partial charge in [0.05, 0.1) is 24.2 Å². The Balaban J connectivity index is 1.66. The molecule has 0 saturated carbocycles. The number of likely N-dealkylation sites (tertiary alicyclic amines) is 1. The third-order valence-electron chi connectivity index (χ3n) is 4.42. The van der Waals surface area contributed by atoms with Gasteiger partial charge in [-0.05, 0) is 42.8 Å². The molecule has 3 rings (SSSR count). The van der Waals surface area contributed by atoms with E-state index in [-0.39, 0.29) is 18.2 Å². The number of sulfone groups is 1. The van der Waals surface area contributed by atoms with E-state index in [9.17, 15) is 18.0 Å². The van der Waals surface area contributed by atoms with Gasteiger partial charge in [0.15, 0.2) is 9.84 Å². The summed E-state index contributed by atoms with van der Waals surface area (Å²) in [6.07, 6.45) is 1.84. The van der Waals surface area contributed by atoms with Gasteiger partial charge in [0, 0.05) is 18.7 Å². The number of furan rings is 1. The molecule has 1 aliphatic rings. The zero-order valence-electron chi connectivity index (χ0n) is 14.3. The van der Waals surface area contributed by atoms with E-state index in [0.29, 0.717) is 29.9 Å². The Kier molecular flexibility index (Phi) is 5.13. The molecule has 8 heteroatoms. The van der Waals surface area contributed by atoms with Gasteiger partial charge >= 0.3 is 5.97 Å². The average molecular weight is 377 g/mol. The van der Waals surface area contributed by atoms with E-state index in [1.165, 1.54) is 30.4 Å². The summed E-state index contributed by atoms with van der Waals surface area (Å²) in [4.78, 5) is 25.6. The van der Waals surface area contributed by atoms with Crippen LogP contribution in [-0.4, -0.2) is 50.6 Å².